The highest BCUT2D eigenvalue weighted by Gasteiger charge is 2.32. The van der Waals surface area contributed by atoms with Gasteiger partial charge >= 0.3 is 12.0 Å². The number of rotatable bonds is 6. The molecule has 7 heteroatoms. The summed E-state index contributed by atoms with van der Waals surface area (Å²) in [7, 11) is 0. The minimum Gasteiger partial charge on any atom is -0.488 e. The maximum Gasteiger partial charge on any atom is 0.342 e. The monoisotopic (exact) mass is 368 g/mol. The average molecular weight is 368 g/mol. The first-order valence-electron chi connectivity index (χ1n) is 8.62. The quantitative estimate of drug-likeness (QED) is 0.791. The van der Waals surface area contributed by atoms with E-state index in [-0.39, 0.29) is 12.1 Å². The maximum atomic E-state index is 12.5. The van der Waals surface area contributed by atoms with E-state index in [0.29, 0.717) is 18.9 Å². The first-order chi connectivity index (χ1) is 13.1. The fourth-order valence-corrected chi connectivity index (χ4v) is 2.67. The second-order valence-corrected chi connectivity index (χ2v) is 6.04. The SMILES string of the molecule is CC(OC(=O)c1ccccc1OCc1ccccc1)C(=O)N1CCNC1=O. The van der Waals surface area contributed by atoms with Crippen LogP contribution >= 0.6 is 0 Å². The Morgan fingerprint density at radius 1 is 1.11 bits per heavy atom. The van der Waals surface area contributed by atoms with Crippen molar-refractivity contribution in [1.29, 1.82) is 0 Å². The molecule has 1 heterocycles. The van der Waals surface area contributed by atoms with Crippen LogP contribution in [-0.2, 0) is 16.1 Å². The van der Waals surface area contributed by atoms with Crippen LogP contribution in [0.3, 0.4) is 0 Å². The van der Waals surface area contributed by atoms with Crippen molar-refractivity contribution in [2.75, 3.05) is 13.1 Å². The van der Waals surface area contributed by atoms with Crippen molar-refractivity contribution in [3.8, 4) is 5.75 Å². The van der Waals surface area contributed by atoms with Gasteiger partial charge in [0.15, 0.2) is 6.10 Å². The van der Waals surface area contributed by atoms with E-state index in [2.05, 4.69) is 5.32 Å². The highest BCUT2D eigenvalue weighted by atomic mass is 16.5. The summed E-state index contributed by atoms with van der Waals surface area (Å²) in [6, 6.07) is 15.8. The normalized spacial score (nSPS) is 14.4. The Labute approximate surface area is 156 Å². The van der Waals surface area contributed by atoms with E-state index in [1.165, 1.54) is 6.92 Å². The molecular weight excluding hydrogens is 348 g/mol. The third-order valence-electron chi connectivity index (χ3n) is 4.10. The molecular formula is C20H20N2O5. The lowest BCUT2D eigenvalue weighted by Crippen LogP contribution is -2.41. The molecule has 1 saturated heterocycles. The number of urea groups is 1. The number of ether oxygens (including phenoxy) is 2. The minimum absolute atomic E-state index is 0.221. The van der Waals surface area contributed by atoms with Gasteiger partial charge in [-0.15, -0.1) is 0 Å². The number of hydrogen-bond acceptors (Lipinski definition) is 5. The Bertz CT molecular complexity index is 837. The zero-order valence-electron chi connectivity index (χ0n) is 14.9. The number of amides is 3. The van der Waals surface area contributed by atoms with Gasteiger partial charge in [0.25, 0.3) is 5.91 Å². The van der Waals surface area contributed by atoms with Crippen LogP contribution in [0.5, 0.6) is 5.75 Å². The predicted octanol–water partition coefficient (Wildman–Crippen LogP) is 2.36. The van der Waals surface area contributed by atoms with Crippen LogP contribution in [0.4, 0.5) is 4.79 Å². The number of benzene rings is 2. The molecule has 1 aliphatic rings. The molecule has 1 aliphatic heterocycles. The highest BCUT2D eigenvalue weighted by molar-refractivity contribution is 6.00. The van der Waals surface area contributed by atoms with Crippen molar-refractivity contribution in [2.24, 2.45) is 0 Å². The molecule has 1 N–H and O–H groups in total. The molecule has 1 unspecified atom stereocenters. The van der Waals surface area contributed by atoms with Gasteiger partial charge in [0.1, 0.15) is 17.9 Å². The number of carbonyl (C=O) groups is 3. The Hall–Kier alpha value is -3.35. The summed E-state index contributed by atoms with van der Waals surface area (Å²) in [6.45, 7) is 2.39. The fraction of sp³-hybridized carbons (Fsp3) is 0.250. The molecule has 0 radical (unpaired) electrons. The Kier molecular flexibility index (Phi) is 5.71. The average Bonchev–Trinajstić information content (AvgIpc) is 3.12. The number of esters is 1. The first-order valence-corrected chi connectivity index (χ1v) is 8.62. The molecule has 1 fully saturated rings. The number of hydrogen-bond donors (Lipinski definition) is 1. The van der Waals surface area contributed by atoms with Crippen LogP contribution in [0.15, 0.2) is 54.6 Å². The lowest BCUT2D eigenvalue weighted by atomic mass is 10.2. The minimum atomic E-state index is -1.08. The van der Waals surface area contributed by atoms with E-state index >= 15 is 0 Å². The largest absolute Gasteiger partial charge is 0.488 e. The Morgan fingerprint density at radius 3 is 2.52 bits per heavy atom. The van der Waals surface area contributed by atoms with Gasteiger partial charge in [-0.25, -0.2) is 9.59 Å². The molecule has 2 aromatic carbocycles. The van der Waals surface area contributed by atoms with Crippen LogP contribution in [0.1, 0.15) is 22.8 Å². The molecule has 27 heavy (non-hydrogen) atoms. The van der Waals surface area contributed by atoms with E-state index in [9.17, 15) is 14.4 Å². The molecule has 3 rings (SSSR count). The van der Waals surface area contributed by atoms with E-state index < -0.39 is 24.0 Å². The second kappa shape index (κ2) is 8.35. The van der Waals surface area contributed by atoms with Crippen molar-refractivity contribution in [3.05, 3.63) is 65.7 Å². The zero-order valence-corrected chi connectivity index (χ0v) is 14.9. The number of nitrogens with one attached hydrogen (secondary N) is 1. The standard InChI is InChI=1S/C20H20N2O5/c1-14(18(23)22-12-11-21-20(22)25)27-19(24)16-9-5-6-10-17(16)26-13-15-7-3-2-4-8-15/h2-10,14H,11-13H2,1H3,(H,21,25). The van der Waals surface area contributed by atoms with Gasteiger partial charge in [-0.05, 0) is 24.6 Å². The van der Waals surface area contributed by atoms with E-state index in [1.807, 2.05) is 30.3 Å². The van der Waals surface area contributed by atoms with E-state index in [1.54, 1.807) is 24.3 Å². The van der Waals surface area contributed by atoms with Gasteiger partial charge in [-0.2, -0.15) is 0 Å². The molecule has 1 atom stereocenters. The van der Waals surface area contributed by atoms with Crippen LogP contribution in [0.2, 0.25) is 0 Å². The number of para-hydroxylation sites is 1. The summed E-state index contributed by atoms with van der Waals surface area (Å²) >= 11 is 0. The zero-order chi connectivity index (χ0) is 19.2. The lowest BCUT2D eigenvalue weighted by molar-refractivity contribution is -0.136. The van der Waals surface area contributed by atoms with E-state index in [0.717, 1.165) is 10.5 Å². The third kappa shape index (κ3) is 4.44. The molecule has 0 aromatic heterocycles. The molecule has 140 valence electrons. The number of imide groups is 1. The Morgan fingerprint density at radius 2 is 1.81 bits per heavy atom. The van der Waals surface area contributed by atoms with Gasteiger partial charge in [0.05, 0.1) is 0 Å². The van der Waals surface area contributed by atoms with Gasteiger partial charge in [0.2, 0.25) is 0 Å². The molecule has 3 amide bonds. The van der Waals surface area contributed by atoms with Gasteiger partial charge in [-0.3, -0.25) is 9.69 Å². The summed E-state index contributed by atoms with van der Waals surface area (Å²) in [5.74, 6) is -0.870. The summed E-state index contributed by atoms with van der Waals surface area (Å²) in [5.41, 5.74) is 1.18. The van der Waals surface area contributed by atoms with Gasteiger partial charge in [0, 0.05) is 13.1 Å². The summed E-state index contributed by atoms with van der Waals surface area (Å²) in [4.78, 5) is 37.4. The van der Waals surface area contributed by atoms with Crippen molar-refractivity contribution < 1.29 is 23.9 Å². The van der Waals surface area contributed by atoms with Crippen molar-refractivity contribution in [1.82, 2.24) is 10.2 Å². The second-order valence-electron chi connectivity index (χ2n) is 6.04. The molecule has 2 aromatic rings. The van der Waals surface area contributed by atoms with Gasteiger partial charge in [-0.1, -0.05) is 42.5 Å². The van der Waals surface area contributed by atoms with Crippen molar-refractivity contribution >= 4 is 17.9 Å². The van der Waals surface area contributed by atoms with Crippen molar-refractivity contribution in [2.45, 2.75) is 19.6 Å². The smallest absolute Gasteiger partial charge is 0.342 e. The fourth-order valence-electron chi connectivity index (χ4n) is 2.67. The van der Waals surface area contributed by atoms with Crippen LogP contribution in [-0.4, -0.2) is 42.0 Å². The molecule has 0 saturated carbocycles. The first kappa shape index (κ1) is 18.4. The topological polar surface area (TPSA) is 84.9 Å². The predicted molar refractivity (Wildman–Crippen MR) is 97.2 cm³/mol. The van der Waals surface area contributed by atoms with Gasteiger partial charge < -0.3 is 14.8 Å². The Balaban J connectivity index is 1.65. The molecule has 0 bridgehead atoms. The lowest BCUT2D eigenvalue weighted by Gasteiger charge is -2.19. The number of nitrogens with zero attached hydrogens (tertiary/aromatic N) is 1. The molecule has 0 aliphatic carbocycles. The van der Waals surface area contributed by atoms with Crippen LogP contribution in [0, 0.1) is 0 Å². The highest BCUT2D eigenvalue weighted by Crippen LogP contribution is 2.21. The third-order valence-corrected chi connectivity index (χ3v) is 4.10. The molecule has 0 spiro atoms. The molecule has 7 nitrogen and oxygen atoms in total. The van der Waals surface area contributed by atoms with E-state index in [4.69, 9.17) is 9.47 Å². The van der Waals surface area contributed by atoms with Crippen LogP contribution in [0.25, 0.3) is 0 Å². The van der Waals surface area contributed by atoms with Crippen LogP contribution < -0.4 is 10.1 Å². The summed E-state index contributed by atoms with van der Waals surface area (Å²) in [6.07, 6.45) is -1.08. The summed E-state index contributed by atoms with van der Waals surface area (Å²) in [5, 5.41) is 2.54. The number of carbonyl (C=O) groups excluding carboxylic acids is 3. The van der Waals surface area contributed by atoms with Crippen molar-refractivity contribution in [3.63, 3.8) is 0 Å². The maximum absolute atomic E-state index is 12.5. The summed E-state index contributed by atoms with van der Waals surface area (Å²) < 4.78 is 11.0.